The van der Waals surface area contributed by atoms with Crippen molar-refractivity contribution in [1.29, 1.82) is 0 Å². The molecule has 0 fully saturated rings. The molecule has 0 N–H and O–H groups in total. The highest BCUT2D eigenvalue weighted by Gasteiger charge is 2.45. The highest BCUT2D eigenvalue weighted by Crippen LogP contribution is 2.61. The predicted octanol–water partition coefficient (Wildman–Crippen LogP) is 11.6. The zero-order chi connectivity index (χ0) is 30.5. The normalized spacial score (nSPS) is 15.4. The van der Waals surface area contributed by atoms with Crippen LogP contribution in [-0.4, -0.2) is 0 Å². The molecule has 7 aromatic carbocycles. The highest BCUT2D eigenvalue weighted by molar-refractivity contribution is 5.90. The van der Waals surface area contributed by atoms with E-state index in [1.807, 2.05) is 0 Å². The molecule has 218 valence electrons. The average molecular weight is 589 g/mol. The van der Waals surface area contributed by atoms with Gasteiger partial charge in [0.1, 0.15) is 0 Å². The van der Waals surface area contributed by atoms with Crippen LogP contribution in [0.1, 0.15) is 45.2 Å². The monoisotopic (exact) mass is 588 g/mol. The van der Waals surface area contributed by atoms with Gasteiger partial charge in [0.15, 0.2) is 0 Å². The molecule has 0 atom stereocenters. The molecule has 3 aliphatic carbocycles. The summed E-state index contributed by atoms with van der Waals surface area (Å²) in [6.45, 7) is 0. The summed E-state index contributed by atoms with van der Waals surface area (Å²) in [5.41, 5.74) is 15.4. The molecule has 0 aliphatic heterocycles. The van der Waals surface area contributed by atoms with Crippen LogP contribution in [0.25, 0.3) is 0 Å². The molecule has 2 bridgehead atoms. The summed E-state index contributed by atoms with van der Waals surface area (Å²) in [7, 11) is 0. The summed E-state index contributed by atoms with van der Waals surface area (Å²) < 4.78 is 0. The Morgan fingerprint density at radius 2 is 0.500 bits per heavy atom. The van der Waals surface area contributed by atoms with Crippen LogP contribution in [0.2, 0.25) is 0 Å². The SMILES string of the molecule is c1ccc(N(c2ccccc2)c2ccc(N(c3ccccc3)c3ccccc3)c3c2C2c4ccccc4C3c3ccccc32)cc1. The Balaban J connectivity index is 1.40. The molecule has 0 heterocycles. The summed E-state index contributed by atoms with van der Waals surface area (Å²) >= 11 is 0. The van der Waals surface area contributed by atoms with Gasteiger partial charge in [-0.1, -0.05) is 121 Å². The summed E-state index contributed by atoms with van der Waals surface area (Å²) in [6.07, 6.45) is 0. The molecule has 0 aromatic heterocycles. The van der Waals surface area contributed by atoms with Crippen LogP contribution >= 0.6 is 0 Å². The van der Waals surface area contributed by atoms with Gasteiger partial charge in [0.2, 0.25) is 0 Å². The van der Waals surface area contributed by atoms with E-state index in [4.69, 9.17) is 0 Å². The first kappa shape index (κ1) is 26.5. The van der Waals surface area contributed by atoms with E-state index in [2.05, 4.69) is 192 Å². The van der Waals surface area contributed by atoms with E-state index < -0.39 is 0 Å². The van der Waals surface area contributed by atoms with Crippen LogP contribution in [0, 0.1) is 0 Å². The minimum atomic E-state index is 0.102. The van der Waals surface area contributed by atoms with E-state index in [-0.39, 0.29) is 11.8 Å². The minimum absolute atomic E-state index is 0.102. The van der Waals surface area contributed by atoms with Crippen molar-refractivity contribution in [2.24, 2.45) is 0 Å². The van der Waals surface area contributed by atoms with Gasteiger partial charge >= 0.3 is 0 Å². The van der Waals surface area contributed by atoms with Crippen molar-refractivity contribution in [3.63, 3.8) is 0 Å². The second-order valence-electron chi connectivity index (χ2n) is 12.1. The van der Waals surface area contributed by atoms with Crippen molar-refractivity contribution in [2.75, 3.05) is 9.80 Å². The Morgan fingerprint density at radius 1 is 0.261 bits per heavy atom. The molecule has 0 saturated carbocycles. The largest absolute Gasteiger partial charge is 0.310 e. The molecular formula is C44H32N2. The second kappa shape index (κ2) is 10.9. The maximum Gasteiger partial charge on any atom is 0.0507 e. The number of anilines is 6. The fraction of sp³-hybridized carbons (Fsp3) is 0.0455. The van der Waals surface area contributed by atoms with E-state index in [0.29, 0.717) is 0 Å². The molecule has 7 aromatic rings. The molecule has 10 rings (SSSR count). The van der Waals surface area contributed by atoms with Crippen molar-refractivity contribution < 1.29 is 0 Å². The van der Waals surface area contributed by atoms with E-state index in [0.717, 1.165) is 22.7 Å². The highest BCUT2D eigenvalue weighted by atomic mass is 15.2. The molecule has 0 saturated heterocycles. The Labute approximate surface area is 270 Å². The molecule has 2 heteroatoms. The molecule has 2 nitrogen and oxygen atoms in total. The number of rotatable bonds is 6. The third-order valence-corrected chi connectivity index (χ3v) is 9.59. The van der Waals surface area contributed by atoms with Crippen LogP contribution in [0.3, 0.4) is 0 Å². The second-order valence-corrected chi connectivity index (χ2v) is 12.1. The van der Waals surface area contributed by atoms with Crippen molar-refractivity contribution in [3.8, 4) is 0 Å². The fourth-order valence-electron chi connectivity index (χ4n) is 7.80. The molecule has 0 unspecified atom stereocenters. The van der Waals surface area contributed by atoms with Gasteiger partial charge in [-0.2, -0.15) is 0 Å². The maximum absolute atomic E-state index is 2.45. The van der Waals surface area contributed by atoms with Gasteiger partial charge in [0, 0.05) is 34.6 Å². The number of hydrogen-bond acceptors (Lipinski definition) is 2. The van der Waals surface area contributed by atoms with Crippen LogP contribution in [0.4, 0.5) is 34.1 Å². The van der Waals surface area contributed by atoms with Crippen LogP contribution < -0.4 is 9.80 Å². The number of benzene rings is 7. The van der Waals surface area contributed by atoms with Gasteiger partial charge in [-0.05, 0) is 94.0 Å². The molecule has 3 aliphatic rings. The summed E-state index contributed by atoms with van der Waals surface area (Å²) in [5.74, 6) is 0.205. The summed E-state index contributed by atoms with van der Waals surface area (Å²) in [4.78, 5) is 4.90. The topological polar surface area (TPSA) is 6.48 Å². The van der Waals surface area contributed by atoms with Crippen LogP contribution in [-0.2, 0) is 0 Å². The molecule has 0 spiro atoms. The maximum atomic E-state index is 2.45. The lowest BCUT2D eigenvalue weighted by Crippen LogP contribution is -2.31. The lowest BCUT2D eigenvalue weighted by molar-refractivity contribution is 0.753. The Hall–Kier alpha value is -5.86. The van der Waals surface area contributed by atoms with Crippen molar-refractivity contribution >= 4 is 34.1 Å². The molecule has 46 heavy (non-hydrogen) atoms. The quantitative estimate of drug-likeness (QED) is 0.191. The number of hydrogen-bond donors (Lipinski definition) is 0. The van der Waals surface area contributed by atoms with Crippen LogP contribution in [0.5, 0.6) is 0 Å². The molecule has 0 amide bonds. The predicted molar refractivity (Wildman–Crippen MR) is 191 cm³/mol. The Kier molecular flexibility index (Phi) is 6.31. The summed E-state index contributed by atoms with van der Waals surface area (Å²) in [6, 6.07) is 66.2. The van der Waals surface area contributed by atoms with Crippen molar-refractivity contribution in [1.82, 2.24) is 0 Å². The first-order valence-corrected chi connectivity index (χ1v) is 16.0. The van der Waals surface area contributed by atoms with Crippen molar-refractivity contribution in [2.45, 2.75) is 11.8 Å². The number of para-hydroxylation sites is 4. The van der Waals surface area contributed by atoms with E-state index in [1.54, 1.807) is 0 Å². The van der Waals surface area contributed by atoms with Crippen LogP contribution in [0.15, 0.2) is 182 Å². The lowest BCUT2D eigenvalue weighted by Gasteiger charge is -2.46. The zero-order valence-corrected chi connectivity index (χ0v) is 25.4. The molecular weight excluding hydrogens is 556 g/mol. The fourth-order valence-corrected chi connectivity index (χ4v) is 7.80. The Bertz CT molecular complexity index is 1880. The van der Waals surface area contributed by atoms with E-state index in [9.17, 15) is 0 Å². The Morgan fingerprint density at radius 3 is 0.761 bits per heavy atom. The smallest absolute Gasteiger partial charge is 0.0507 e. The third-order valence-electron chi connectivity index (χ3n) is 9.59. The first-order valence-electron chi connectivity index (χ1n) is 16.0. The van der Waals surface area contributed by atoms with Gasteiger partial charge in [0.05, 0.1) is 11.4 Å². The minimum Gasteiger partial charge on any atom is -0.310 e. The number of nitrogens with zero attached hydrogens (tertiary/aromatic N) is 2. The third kappa shape index (κ3) is 4.11. The first-order chi connectivity index (χ1) is 22.9. The van der Waals surface area contributed by atoms with Crippen molar-refractivity contribution in [3.05, 3.63) is 215 Å². The van der Waals surface area contributed by atoms with E-state index >= 15 is 0 Å². The van der Waals surface area contributed by atoms with Gasteiger partial charge < -0.3 is 9.80 Å². The van der Waals surface area contributed by atoms with Gasteiger partial charge in [0.25, 0.3) is 0 Å². The average Bonchev–Trinajstić information content (AvgIpc) is 3.14. The van der Waals surface area contributed by atoms with E-state index in [1.165, 1.54) is 44.8 Å². The van der Waals surface area contributed by atoms with Gasteiger partial charge in [-0.3, -0.25) is 0 Å². The van der Waals surface area contributed by atoms with Gasteiger partial charge in [-0.15, -0.1) is 0 Å². The molecule has 0 radical (unpaired) electrons. The zero-order valence-electron chi connectivity index (χ0n) is 25.4. The lowest BCUT2D eigenvalue weighted by atomic mass is 9.60. The van der Waals surface area contributed by atoms with Gasteiger partial charge in [-0.25, -0.2) is 0 Å². The summed E-state index contributed by atoms with van der Waals surface area (Å²) in [5, 5.41) is 0. The standard InChI is InChI=1S/C44H32N2/c1-5-17-31(18-6-1)45(32-19-7-2-8-20-32)39-29-30-40(46(33-21-9-3-10-22-33)34-23-11-4-12-24-34)44-42-37-27-15-13-25-35(37)41(43(39)44)36-26-14-16-28-38(36)42/h1-30,41-42H.